The van der Waals surface area contributed by atoms with Crippen LogP contribution < -0.4 is 0 Å². The van der Waals surface area contributed by atoms with Gasteiger partial charge in [0.2, 0.25) is 0 Å². The van der Waals surface area contributed by atoms with E-state index in [9.17, 15) is 10.1 Å². The van der Waals surface area contributed by atoms with Crippen LogP contribution in [0.25, 0.3) is 0 Å². The molecule has 2 unspecified atom stereocenters. The molecule has 68 valence electrons. The van der Waals surface area contributed by atoms with Crippen LogP contribution in [0.4, 0.5) is 0 Å². The van der Waals surface area contributed by atoms with Gasteiger partial charge >= 0.3 is 0 Å². The summed E-state index contributed by atoms with van der Waals surface area (Å²) in [6.45, 7) is 0.864. The van der Waals surface area contributed by atoms with Crippen LogP contribution in [0.2, 0.25) is 0 Å². The third-order valence-corrected chi connectivity index (χ3v) is 2.14. The zero-order valence-electron chi connectivity index (χ0n) is 6.34. The Morgan fingerprint density at radius 3 is 3.08 bits per heavy atom. The summed E-state index contributed by atoms with van der Waals surface area (Å²) in [4.78, 5) is 14.4. The molecule has 6 nitrogen and oxygen atoms in total. The molecule has 2 fully saturated rings. The van der Waals surface area contributed by atoms with Crippen molar-refractivity contribution in [3.05, 3.63) is 10.1 Å². The van der Waals surface area contributed by atoms with Crippen molar-refractivity contribution in [2.75, 3.05) is 13.2 Å². The molecule has 0 N–H and O–H groups in total. The topological polar surface area (TPSA) is 70.8 Å². The minimum Gasteiger partial charge on any atom is -0.373 e. The van der Waals surface area contributed by atoms with Crippen LogP contribution in [0.1, 0.15) is 6.42 Å². The number of hydrogen-bond acceptors (Lipinski definition) is 5. The minimum absolute atomic E-state index is 0.00468. The third kappa shape index (κ3) is 1.23. The highest BCUT2D eigenvalue weighted by molar-refractivity contribution is 4.89. The molecule has 12 heavy (non-hydrogen) atoms. The van der Waals surface area contributed by atoms with Crippen LogP contribution in [0, 0.1) is 10.1 Å². The highest BCUT2D eigenvalue weighted by Crippen LogP contribution is 2.28. The zero-order valence-corrected chi connectivity index (χ0v) is 6.34. The van der Waals surface area contributed by atoms with Gasteiger partial charge in [0.1, 0.15) is 6.10 Å². The van der Waals surface area contributed by atoms with Gasteiger partial charge in [-0.2, -0.15) is 0 Å². The number of nitrogens with zero attached hydrogens (tertiary/aromatic N) is 1. The zero-order chi connectivity index (χ0) is 8.55. The van der Waals surface area contributed by atoms with E-state index in [2.05, 4.69) is 4.84 Å². The van der Waals surface area contributed by atoms with Crippen molar-refractivity contribution >= 4 is 0 Å². The molecule has 3 atom stereocenters. The first-order valence-corrected chi connectivity index (χ1v) is 3.82. The average molecular weight is 175 g/mol. The lowest BCUT2D eigenvalue weighted by molar-refractivity contribution is -0.769. The monoisotopic (exact) mass is 175 g/mol. The second-order valence-electron chi connectivity index (χ2n) is 2.86. The molecular formula is C6H9NO5. The molecule has 0 radical (unpaired) electrons. The number of ether oxygens (including phenoxy) is 2. The van der Waals surface area contributed by atoms with E-state index in [1.165, 1.54) is 0 Å². The maximum Gasteiger partial charge on any atom is 0.294 e. The van der Waals surface area contributed by atoms with Gasteiger partial charge in [-0.3, -0.25) is 0 Å². The Morgan fingerprint density at radius 2 is 2.33 bits per heavy atom. The fourth-order valence-corrected chi connectivity index (χ4v) is 1.63. The van der Waals surface area contributed by atoms with E-state index >= 15 is 0 Å². The summed E-state index contributed by atoms with van der Waals surface area (Å²) in [7, 11) is 0. The Labute approximate surface area is 68.5 Å². The van der Waals surface area contributed by atoms with Gasteiger partial charge < -0.3 is 14.3 Å². The summed E-state index contributed by atoms with van der Waals surface area (Å²) in [5, 5.41) is 9.22. The SMILES string of the molecule is O=[N+]([O-])OC1COC2CCO[C@@H]21. The number of rotatable bonds is 2. The van der Waals surface area contributed by atoms with E-state index in [0.29, 0.717) is 6.61 Å². The van der Waals surface area contributed by atoms with Crippen LogP contribution in [-0.4, -0.2) is 36.6 Å². The molecule has 0 amide bonds. The molecule has 0 spiro atoms. The summed E-state index contributed by atoms with van der Waals surface area (Å²) in [6.07, 6.45) is 0.0280. The van der Waals surface area contributed by atoms with Gasteiger partial charge in [0.05, 0.1) is 12.7 Å². The average Bonchev–Trinajstić information content (AvgIpc) is 2.52. The van der Waals surface area contributed by atoms with Crippen LogP contribution in [0.3, 0.4) is 0 Å². The molecule has 2 rings (SSSR count). The highest BCUT2D eigenvalue weighted by Gasteiger charge is 2.43. The van der Waals surface area contributed by atoms with E-state index in [-0.39, 0.29) is 18.8 Å². The molecule has 0 aromatic heterocycles. The van der Waals surface area contributed by atoms with Crippen molar-refractivity contribution in [3.63, 3.8) is 0 Å². The van der Waals surface area contributed by atoms with Crippen molar-refractivity contribution in [2.45, 2.75) is 24.7 Å². The molecular weight excluding hydrogens is 166 g/mol. The molecule has 6 heteroatoms. The van der Waals surface area contributed by atoms with Gasteiger partial charge in [0, 0.05) is 6.61 Å². The van der Waals surface area contributed by atoms with Gasteiger partial charge in [0.25, 0.3) is 5.09 Å². The number of hydrogen-bond donors (Lipinski definition) is 0. The van der Waals surface area contributed by atoms with Crippen LogP contribution in [0.15, 0.2) is 0 Å². The van der Waals surface area contributed by atoms with Crippen LogP contribution >= 0.6 is 0 Å². The first kappa shape index (κ1) is 7.75. The summed E-state index contributed by atoms with van der Waals surface area (Å²) in [5.74, 6) is 0. The Bertz CT molecular complexity index is 196. The van der Waals surface area contributed by atoms with Crippen LogP contribution in [0.5, 0.6) is 0 Å². The molecule has 0 aromatic carbocycles. The lowest BCUT2D eigenvalue weighted by atomic mass is 10.1. The predicted molar refractivity (Wildman–Crippen MR) is 36.0 cm³/mol. The minimum atomic E-state index is -0.794. The lowest BCUT2D eigenvalue weighted by Crippen LogP contribution is -2.31. The lowest BCUT2D eigenvalue weighted by Gasteiger charge is -2.12. The normalized spacial score (nSPS) is 39.5. The van der Waals surface area contributed by atoms with Crippen molar-refractivity contribution in [3.8, 4) is 0 Å². The maximum absolute atomic E-state index is 10.0. The smallest absolute Gasteiger partial charge is 0.294 e. The third-order valence-electron chi connectivity index (χ3n) is 2.14. The van der Waals surface area contributed by atoms with Crippen molar-refractivity contribution in [1.82, 2.24) is 0 Å². The van der Waals surface area contributed by atoms with Crippen molar-refractivity contribution < 1.29 is 19.4 Å². The summed E-state index contributed by atoms with van der Waals surface area (Å²) >= 11 is 0. The van der Waals surface area contributed by atoms with E-state index in [1.54, 1.807) is 0 Å². The van der Waals surface area contributed by atoms with E-state index < -0.39 is 11.2 Å². The molecule has 0 aliphatic carbocycles. The molecule has 0 saturated carbocycles. The molecule has 2 heterocycles. The maximum atomic E-state index is 10.0. The van der Waals surface area contributed by atoms with Gasteiger partial charge in [-0.15, -0.1) is 10.1 Å². The Balaban J connectivity index is 1.95. The fourth-order valence-electron chi connectivity index (χ4n) is 1.63. The van der Waals surface area contributed by atoms with Gasteiger partial charge in [-0.25, -0.2) is 0 Å². The predicted octanol–water partition coefficient (Wildman–Crippen LogP) is -0.249. The Kier molecular flexibility index (Phi) is 1.86. The van der Waals surface area contributed by atoms with Gasteiger partial charge in [0.15, 0.2) is 6.10 Å². The fraction of sp³-hybridized carbons (Fsp3) is 1.00. The molecule has 0 aromatic rings. The molecule has 2 saturated heterocycles. The van der Waals surface area contributed by atoms with Crippen molar-refractivity contribution in [1.29, 1.82) is 0 Å². The quantitative estimate of drug-likeness (QED) is 0.427. The first-order valence-electron chi connectivity index (χ1n) is 3.82. The molecule has 0 bridgehead atoms. The van der Waals surface area contributed by atoms with Crippen molar-refractivity contribution in [2.24, 2.45) is 0 Å². The highest BCUT2D eigenvalue weighted by atomic mass is 17.0. The Hall–Kier alpha value is -0.880. The first-order chi connectivity index (χ1) is 5.77. The molecule has 2 aliphatic rings. The summed E-state index contributed by atoms with van der Waals surface area (Å²) in [6, 6.07) is 0. The van der Waals surface area contributed by atoms with Gasteiger partial charge in [-0.05, 0) is 6.42 Å². The summed E-state index contributed by atoms with van der Waals surface area (Å²) < 4.78 is 10.5. The molecule has 2 aliphatic heterocycles. The van der Waals surface area contributed by atoms with Crippen LogP contribution in [-0.2, 0) is 14.3 Å². The van der Waals surface area contributed by atoms with E-state index in [1.807, 2.05) is 0 Å². The van der Waals surface area contributed by atoms with E-state index in [0.717, 1.165) is 6.42 Å². The summed E-state index contributed by atoms with van der Waals surface area (Å²) in [5.41, 5.74) is 0. The van der Waals surface area contributed by atoms with Gasteiger partial charge in [-0.1, -0.05) is 0 Å². The Morgan fingerprint density at radius 1 is 1.50 bits per heavy atom. The largest absolute Gasteiger partial charge is 0.373 e. The second kappa shape index (κ2) is 2.87. The second-order valence-corrected chi connectivity index (χ2v) is 2.86. The number of fused-ring (bicyclic) bond motifs is 1. The standard InChI is InChI=1S/C6H9NO5/c8-7(9)12-5-3-11-4-1-2-10-6(4)5/h4-6H,1-3H2/t4?,5?,6-/m0/s1. The van der Waals surface area contributed by atoms with E-state index in [4.69, 9.17) is 9.47 Å².